The third kappa shape index (κ3) is 4.28. The summed E-state index contributed by atoms with van der Waals surface area (Å²) in [6, 6.07) is 13.4. The summed E-state index contributed by atoms with van der Waals surface area (Å²) >= 11 is 6.43. The fraction of sp³-hybridized carbons (Fsp3) is 0.176. The van der Waals surface area contributed by atoms with E-state index in [1.807, 2.05) is 49.4 Å². The van der Waals surface area contributed by atoms with Crippen LogP contribution in [-0.2, 0) is 4.79 Å². The third-order valence-corrected chi connectivity index (χ3v) is 5.98. The van der Waals surface area contributed by atoms with E-state index < -0.39 is 0 Å². The minimum Gasteiger partial charge on any atom is -0.494 e. The van der Waals surface area contributed by atoms with Gasteiger partial charge in [0.25, 0.3) is 0 Å². The van der Waals surface area contributed by atoms with Crippen LogP contribution in [0.2, 0.25) is 0 Å². The van der Waals surface area contributed by atoms with Gasteiger partial charge in [0.15, 0.2) is 4.34 Å². The molecule has 124 valence electrons. The molecule has 1 heterocycles. The molecule has 3 aromatic rings. The van der Waals surface area contributed by atoms with Gasteiger partial charge >= 0.3 is 0 Å². The molecule has 0 saturated heterocycles. The molecule has 0 bridgehead atoms. The second kappa shape index (κ2) is 8.00. The number of ether oxygens (including phenoxy) is 1. The largest absolute Gasteiger partial charge is 0.494 e. The van der Waals surface area contributed by atoms with Gasteiger partial charge in [-0.05, 0) is 53.2 Å². The van der Waals surface area contributed by atoms with Gasteiger partial charge in [-0.15, -0.1) is 11.3 Å². The molecule has 0 fully saturated rings. The lowest BCUT2D eigenvalue weighted by molar-refractivity contribution is -0.113. The Morgan fingerprint density at radius 2 is 2.17 bits per heavy atom. The molecular weight excluding hydrogens is 408 g/mol. The summed E-state index contributed by atoms with van der Waals surface area (Å²) in [5.74, 6) is 1.11. The number of hydrogen-bond acceptors (Lipinski definition) is 5. The molecule has 0 unspecified atom stereocenters. The van der Waals surface area contributed by atoms with E-state index in [1.54, 1.807) is 11.3 Å². The molecule has 4 nitrogen and oxygen atoms in total. The number of fused-ring (bicyclic) bond motifs is 1. The van der Waals surface area contributed by atoms with Gasteiger partial charge in [-0.25, -0.2) is 4.98 Å². The maximum absolute atomic E-state index is 12.1. The average Bonchev–Trinajstić information content (AvgIpc) is 2.98. The normalized spacial score (nSPS) is 10.8. The molecule has 0 atom stereocenters. The predicted octanol–water partition coefficient (Wildman–Crippen LogP) is 5.19. The zero-order valence-corrected chi connectivity index (χ0v) is 16.1. The molecule has 0 saturated carbocycles. The molecule has 0 aliphatic carbocycles. The van der Waals surface area contributed by atoms with Gasteiger partial charge in [0.05, 0.1) is 28.3 Å². The maximum atomic E-state index is 12.1. The highest BCUT2D eigenvalue weighted by Crippen LogP contribution is 2.32. The van der Waals surface area contributed by atoms with Crippen LogP contribution < -0.4 is 10.1 Å². The zero-order chi connectivity index (χ0) is 16.9. The number of benzene rings is 2. The van der Waals surface area contributed by atoms with Gasteiger partial charge in [-0.1, -0.05) is 23.9 Å². The molecular formula is C17H15BrN2O2S2. The molecule has 0 aliphatic rings. The highest BCUT2D eigenvalue weighted by atomic mass is 79.9. The molecule has 3 rings (SSSR count). The molecule has 2 aromatic carbocycles. The minimum atomic E-state index is -0.0545. The first kappa shape index (κ1) is 17.3. The van der Waals surface area contributed by atoms with E-state index in [9.17, 15) is 4.79 Å². The predicted molar refractivity (Wildman–Crippen MR) is 104 cm³/mol. The Morgan fingerprint density at radius 3 is 2.96 bits per heavy atom. The summed E-state index contributed by atoms with van der Waals surface area (Å²) in [6.07, 6.45) is 0. The topological polar surface area (TPSA) is 51.2 Å². The summed E-state index contributed by atoms with van der Waals surface area (Å²) < 4.78 is 8.31. The van der Waals surface area contributed by atoms with Crippen molar-refractivity contribution < 1.29 is 9.53 Å². The number of halogens is 1. The number of aromatic nitrogens is 1. The number of carbonyl (C=O) groups is 1. The van der Waals surface area contributed by atoms with Crippen molar-refractivity contribution in [1.29, 1.82) is 0 Å². The summed E-state index contributed by atoms with van der Waals surface area (Å²) in [5, 5.41) is 2.89. The van der Waals surface area contributed by atoms with Crippen molar-refractivity contribution >= 4 is 60.8 Å². The molecule has 0 radical (unpaired) electrons. The lowest BCUT2D eigenvalue weighted by atomic mass is 10.3. The number of rotatable bonds is 6. The maximum Gasteiger partial charge on any atom is 0.234 e. The molecule has 1 aromatic heterocycles. The fourth-order valence-electron chi connectivity index (χ4n) is 2.08. The first-order chi connectivity index (χ1) is 11.7. The van der Waals surface area contributed by atoms with Crippen molar-refractivity contribution in [2.75, 3.05) is 17.7 Å². The first-order valence-electron chi connectivity index (χ1n) is 7.36. The molecule has 1 N–H and O–H groups in total. The Labute approximate surface area is 156 Å². The number of thioether (sulfide) groups is 1. The summed E-state index contributed by atoms with van der Waals surface area (Å²) in [7, 11) is 0. The van der Waals surface area contributed by atoms with Gasteiger partial charge in [-0.3, -0.25) is 4.79 Å². The smallest absolute Gasteiger partial charge is 0.234 e. The quantitative estimate of drug-likeness (QED) is 0.555. The second-order valence-corrected chi connectivity index (χ2v) is 7.97. The van der Waals surface area contributed by atoms with Gasteiger partial charge in [0, 0.05) is 4.47 Å². The van der Waals surface area contributed by atoms with Crippen LogP contribution in [0.3, 0.4) is 0 Å². The van der Waals surface area contributed by atoms with E-state index in [0.29, 0.717) is 12.4 Å². The van der Waals surface area contributed by atoms with E-state index >= 15 is 0 Å². The number of anilines is 1. The fourth-order valence-corrected chi connectivity index (χ4v) is 4.36. The Kier molecular flexibility index (Phi) is 5.76. The SMILES string of the molecule is CCOc1ccc2nc(SCC(=O)Nc3ccccc3Br)sc2c1. The van der Waals surface area contributed by atoms with Gasteiger partial charge in [0.2, 0.25) is 5.91 Å². The van der Waals surface area contributed by atoms with Crippen molar-refractivity contribution in [3.8, 4) is 5.75 Å². The lowest BCUT2D eigenvalue weighted by Gasteiger charge is -2.05. The number of para-hydroxylation sites is 1. The van der Waals surface area contributed by atoms with Crippen LogP contribution in [0.1, 0.15) is 6.92 Å². The molecule has 24 heavy (non-hydrogen) atoms. The van der Waals surface area contributed by atoms with Gasteiger partial charge < -0.3 is 10.1 Å². The number of amides is 1. The number of hydrogen-bond donors (Lipinski definition) is 1. The zero-order valence-electron chi connectivity index (χ0n) is 12.9. The number of thiazole rings is 1. The summed E-state index contributed by atoms with van der Waals surface area (Å²) in [4.78, 5) is 16.6. The van der Waals surface area contributed by atoms with E-state index in [0.717, 1.165) is 30.5 Å². The Bertz CT molecular complexity index is 867. The third-order valence-electron chi connectivity index (χ3n) is 3.13. The van der Waals surface area contributed by atoms with E-state index in [-0.39, 0.29) is 5.91 Å². The molecule has 7 heteroatoms. The lowest BCUT2D eigenvalue weighted by Crippen LogP contribution is -2.14. The van der Waals surface area contributed by atoms with E-state index in [1.165, 1.54) is 11.8 Å². The Hall–Kier alpha value is -1.57. The monoisotopic (exact) mass is 422 g/mol. The van der Waals surface area contributed by atoms with Crippen LogP contribution in [0.5, 0.6) is 5.75 Å². The number of nitrogens with one attached hydrogen (secondary N) is 1. The van der Waals surface area contributed by atoms with Crippen LogP contribution in [-0.4, -0.2) is 23.3 Å². The average molecular weight is 423 g/mol. The van der Waals surface area contributed by atoms with Crippen LogP contribution in [0.15, 0.2) is 51.3 Å². The first-order valence-corrected chi connectivity index (χ1v) is 9.96. The van der Waals surface area contributed by atoms with Crippen molar-refractivity contribution in [3.63, 3.8) is 0 Å². The molecule has 0 spiro atoms. The van der Waals surface area contributed by atoms with Crippen LogP contribution in [0.25, 0.3) is 10.2 Å². The standard InChI is InChI=1S/C17H15BrN2O2S2/c1-2-22-11-7-8-14-15(9-11)24-17(20-14)23-10-16(21)19-13-6-4-3-5-12(13)18/h3-9H,2,10H2,1H3,(H,19,21). The molecule has 0 aliphatic heterocycles. The van der Waals surface area contributed by atoms with Crippen LogP contribution >= 0.6 is 39.0 Å². The summed E-state index contributed by atoms with van der Waals surface area (Å²) in [6.45, 7) is 2.60. The van der Waals surface area contributed by atoms with E-state index in [2.05, 4.69) is 26.2 Å². The Balaban J connectivity index is 1.62. The number of nitrogens with zero attached hydrogens (tertiary/aromatic N) is 1. The molecule has 1 amide bonds. The Morgan fingerprint density at radius 1 is 1.33 bits per heavy atom. The van der Waals surface area contributed by atoms with Gasteiger partial charge in [-0.2, -0.15) is 0 Å². The van der Waals surface area contributed by atoms with Crippen molar-refractivity contribution in [2.45, 2.75) is 11.3 Å². The summed E-state index contributed by atoms with van der Waals surface area (Å²) in [5.41, 5.74) is 1.70. The van der Waals surface area contributed by atoms with Crippen molar-refractivity contribution in [1.82, 2.24) is 4.98 Å². The van der Waals surface area contributed by atoms with Crippen LogP contribution in [0, 0.1) is 0 Å². The highest BCUT2D eigenvalue weighted by molar-refractivity contribution is 9.10. The minimum absolute atomic E-state index is 0.0545. The van der Waals surface area contributed by atoms with Crippen LogP contribution in [0.4, 0.5) is 5.69 Å². The van der Waals surface area contributed by atoms with Crippen molar-refractivity contribution in [2.24, 2.45) is 0 Å². The number of carbonyl (C=O) groups excluding carboxylic acids is 1. The second-order valence-electron chi connectivity index (χ2n) is 4.86. The van der Waals surface area contributed by atoms with Crippen molar-refractivity contribution in [3.05, 3.63) is 46.9 Å². The highest BCUT2D eigenvalue weighted by Gasteiger charge is 2.10. The van der Waals surface area contributed by atoms with Gasteiger partial charge in [0.1, 0.15) is 5.75 Å². The van der Waals surface area contributed by atoms with E-state index in [4.69, 9.17) is 4.74 Å².